The Morgan fingerprint density at radius 2 is 1.90 bits per heavy atom. The topological polar surface area (TPSA) is 72.2 Å². The number of nitrogens with one attached hydrogen (secondary N) is 1. The number of unbranched alkanes of at least 4 members (excludes halogenated alkanes) is 3. The largest absolute Gasteiger partial charge is 0.399 e. The number of hydrogen-bond donors (Lipinski definition) is 2. The van der Waals surface area contributed by atoms with Gasteiger partial charge in [-0.1, -0.05) is 32.6 Å². The van der Waals surface area contributed by atoms with E-state index < -0.39 is 26.6 Å². The van der Waals surface area contributed by atoms with Gasteiger partial charge in [-0.2, -0.15) is 0 Å². The Labute approximate surface area is 124 Å². The third kappa shape index (κ3) is 5.24. The number of sulfonamides is 1. The number of halogens is 2. The first-order valence-corrected chi connectivity index (χ1v) is 8.53. The quantitative estimate of drug-likeness (QED) is 0.571. The van der Waals surface area contributed by atoms with Crippen molar-refractivity contribution in [3.8, 4) is 0 Å². The first kappa shape index (κ1) is 17.8. The second-order valence-electron chi connectivity index (χ2n) is 5.19. The van der Waals surface area contributed by atoms with Crippen molar-refractivity contribution in [1.82, 2.24) is 4.72 Å². The molecule has 0 radical (unpaired) electrons. The van der Waals surface area contributed by atoms with Gasteiger partial charge in [0.25, 0.3) is 0 Å². The minimum absolute atomic E-state index is 0.134. The van der Waals surface area contributed by atoms with Crippen LogP contribution in [0.3, 0.4) is 0 Å². The fourth-order valence-electron chi connectivity index (χ4n) is 2.04. The summed E-state index contributed by atoms with van der Waals surface area (Å²) in [5.41, 5.74) is 5.24. The smallest absolute Gasteiger partial charge is 0.243 e. The number of benzene rings is 1. The van der Waals surface area contributed by atoms with E-state index in [4.69, 9.17) is 5.73 Å². The second kappa shape index (κ2) is 7.70. The number of anilines is 1. The van der Waals surface area contributed by atoms with Gasteiger partial charge in [0.2, 0.25) is 10.0 Å². The summed E-state index contributed by atoms with van der Waals surface area (Å²) in [6.45, 7) is 3.79. The van der Waals surface area contributed by atoms with Crippen LogP contribution in [0.25, 0.3) is 0 Å². The Kier molecular flexibility index (Phi) is 6.54. The Morgan fingerprint density at radius 3 is 2.52 bits per heavy atom. The maximum absolute atomic E-state index is 13.6. The van der Waals surface area contributed by atoms with E-state index in [1.54, 1.807) is 6.92 Å². The van der Waals surface area contributed by atoms with Crippen LogP contribution in [0, 0.1) is 11.6 Å². The minimum Gasteiger partial charge on any atom is -0.399 e. The van der Waals surface area contributed by atoms with Crippen LogP contribution in [-0.2, 0) is 10.0 Å². The molecular formula is C14H22F2N2O2S. The summed E-state index contributed by atoms with van der Waals surface area (Å²) in [6.07, 6.45) is 4.73. The molecule has 1 aromatic rings. The summed E-state index contributed by atoms with van der Waals surface area (Å²) < 4.78 is 53.4. The average molecular weight is 320 g/mol. The van der Waals surface area contributed by atoms with Gasteiger partial charge < -0.3 is 5.73 Å². The summed E-state index contributed by atoms with van der Waals surface area (Å²) in [4.78, 5) is -0.750. The number of nitrogen functional groups attached to an aromatic ring is 1. The third-order valence-corrected chi connectivity index (χ3v) is 4.74. The maximum atomic E-state index is 13.6. The molecule has 0 aliphatic heterocycles. The van der Waals surface area contributed by atoms with Gasteiger partial charge in [0.15, 0.2) is 11.6 Å². The van der Waals surface area contributed by atoms with Crippen molar-refractivity contribution in [2.75, 3.05) is 5.73 Å². The number of hydrogen-bond acceptors (Lipinski definition) is 3. The molecule has 0 amide bonds. The molecule has 21 heavy (non-hydrogen) atoms. The van der Waals surface area contributed by atoms with Gasteiger partial charge in [-0.25, -0.2) is 21.9 Å². The Balaban J connectivity index is 2.78. The van der Waals surface area contributed by atoms with Crippen LogP contribution < -0.4 is 10.5 Å². The highest BCUT2D eigenvalue weighted by Crippen LogP contribution is 2.21. The minimum atomic E-state index is -4.12. The fraction of sp³-hybridized carbons (Fsp3) is 0.571. The van der Waals surface area contributed by atoms with Crippen LogP contribution in [0.15, 0.2) is 17.0 Å². The van der Waals surface area contributed by atoms with Crippen molar-refractivity contribution in [3.05, 3.63) is 23.8 Å². The lowest BCUT2D eigenvalue weighted by Gasteiger charge is -2.15. The first-order valence-electron chi connectivity index (χ1n) is 7.04. The molecule has 1 rings (SSSR count). The summed E-state index contributed by atoms with van der Waals surface area (Å²) in [5, 5.41) is 0. The summed E-state index contributed by atoms with van der Waals surface area (Å²) in [5.74, 6) is -2.68. The van der Waals surface area contributed by atoms with E-state index in [1.807, 2.05) is 0 Å². The van der Waals surface area contributed by atoms with Crippen molar-refractivity contribution in [1.29, 1.82) is 0 Å². The van der Waals surface area contributed by atoms with E-state index in [2.05, 4.69) is 11.6 Å². The molecule has 1 unspecified atom stereocenters. The van der Waals surface area contributed by atoms with E-state index in [0.717, 1.165) is 37.8 Å². The molecule has 120 valence electrons. The summed E-state index contributed by atoms with van der Waals surface area (Å²) in [6, 6.07) is 1.32. The molecule has 4 nitrogen and oxygen atoms in total. The summed E-state index contributed by atoms with van der Waals surface area (Å²) >= 11 is 0. The predicted molar refractivity (Wildman–Crippen MR) is 79.3 cm³/mol. The van der Waals surface area contributed by atoms with Gasteiger partial charge in [0, 0.05) is 11.7 Å². The van der Waals surface area contributed by atoms with E-state index in [9.17, 15) is 17.2 Å². The van der Waals surface area contributed by atoms with Gasteiger partial charge >= 0.3 is 0 Å². The normalized spacial score (nSPS) is 13.3. The van der Waals surface area contributed by atoms with Crippen LogP contribution in [-0.4, -0.2) is 14.5 Å². The second-order valence-corrected chi connectivity index (χ2v) is 6.87. The van der Waals surface area contributed by atoms with E-state index in [-0.39, 0.29) is 11.7 Å². The van der Waals surface area contributed by atoms with Crippen LogP contribution in [0.5, 0.6) is 0 Å². The lowest BCUT2D eigenvalue weighted by molar-refractivity contribution is 0.479. The molecular weight excluding hydrogens is 298 g/mol. The lowest BCUT2D eigenvalue weighted by Crippen LogP contribution is -2.33. The monoisotopic (exact) mass is 320 g/mol. The van der Waals surface area contributed by atoms with E-state index in [1.165, 1.54) is 0 Å². The van der Waals surface area contributed by atoms with Crippen LogP contribution in [0.1, 0.15) is 46.0 Å². The van der Waals surface area contributed by atoms with Gasteiger partial charge in [-0.05, 0) is 25.5 Å². The van der Waals surface area contributed by atoms with Crippen LogP contribution in [0.4, 0.5) is 14.5 Å². The molecule has 0 heterocycles. The Hall–Kier alpha value is -1.21. The van der Waals surface area contributed by atoms with Gasteiger partial charge in [0.05, 0.1) is 0 Å². The third-order valence-electron chi connectivity index (χ3n) is 3.15. The molecule has 7 heteroatoms. The highest BCUT2D eigenvalue weighted by molar-refractivity contribution is 7.89. The maximum Gasteiger partial charge on any atom is 0.243 e. The van der Waals surface area contributed by atoms with Crippen LogP contribution in [0.2, 0.25) is 0 Å². The van der Waals surface area contributed by atoms with Crippen molar-refractivity contribution < 1.29 is 17.2 Å². The molecule has 1 atom stereocenters. The van der Waals surface area contributed by atoms with Gasteiger partial charge in [-0.15, -0.1) is 0 Å². The lowest BCUT2D eigenvalue weighted by atomic mass is 10.1. The Morgan fingerprint density at radius 1 is 1.24 bits per heavy atom. The van der Waals surface area contributed by atoms with Crippen molar-refractivity contribution in [2.24, 2.45) is 0 Å². The SMILES string of the molecule is CCCCCCC(C)NS(=O)(=O)c1cc(N)cc(F)c1F. The average Bonchev–Trinajstić information content (AvgIpc) is 2.38. The molecule has 0 fully saturated rings. The van der Waals surface area contributed by atoms with Crippen molar-refractivity contribution in [3.63, 3.8) is 0 Å². The molecule has 0 aromatic heterocycles. The number of rotatable bonds is 8. The van der Waals surface area contributed by atoms with Crippen LogP contribution >= 0.6 is 0 Å². The van der Waals surface area contributed by atoms with Crippen molar-refractivity contribution >= 4 is 15.7 Å². The predicted octanol–water partition coefficient (Wildman–Crippen LogP) is 3.18. The van der Waals surface area contributed by atoms with Gasteiger partial charge in [-0.3, -0.25) is 0 Å². The molecule has 0 bridgehead atoms. The molecule has 3 N–H and O–H groups in total. The zero-order valence-corrected chi connectivity index (χ0v) is 13.1. The summed E-state index contributed by atoms with van der Waals surface area (Å²) in [7, 11) is -4.12. The molecule has 0 aliphatic rings. The number of nitrogens with two attached hydrogens (primary N) is 1. The van der Waals surface area contributed by atoms with E-state index >= 15 is 0 Å². The molecule has 0 aliphatic carbocycles. The standard InChI is InChI=1S/C14H22F2N2O2S/c1-3-4-5-6-7-10(2)18-21(19,20)13-9-11(17)8-12(15)14(13)16/h8-10,18H,3-7,17H2,1-2H3. The van der Waals surface area contributed by atoms with Crippen molar-refractivity contribution in [2.45, 2.75) is 56.9 Å². The molecule has 0 spiro atoms. The Bertz CT molecular complexity index is 577. The fourth-order valence-corrected chi connectivity index (χ4v) is 3.44. The van der Waals surface area contributed by atoms with Gasteiger partial charge in [0.1, 0.15) is 4.90 Å². The molecule has 0 saturated carbocycles. The molecule has 0 saturated heterocycles. The highest BCUT2D eigenvalue weighted by Gasteiger charge is 2.24. The molecule has 1 aromatic carbocycles. The first-order chi connectivity index (χ1) is 9.77. The highest BCUT2D eigenvalue weighted by atomic mass is 32.2. The zero-order chi connectivity index (χ0) is 16.0. The van der Waals surface area contributed by atoms with E-state index in [0.29, 0.717) is 6.42 Å². The zero-order valence-electron chi connectivity index (χ0n) is 12.3.